The normalized spacial score (nSPS) is 19.1. The van der Waals surface area contributed by atoms with Crippen LogP contribution in [0.2, 0.25) is 0 Å². The van der Waals surface area contributed by atoms with Crippen molar-refractivity contribution in [2.75, 3.05) is 6.61 Å². The number of halogens is 4. The van der Waals surface area contributed by atoms with Crippen LogP contribution in [0, 0.1) is 11.7 Å². The van der Waals surface area contributed by atoms with Crippen molar-refractivity contribution < 1.29 is 31.9 Å². The molecular formula is C11H6F4O3. The molecule has 0 bridgehead atoms. The molecule has 0 aliphatic carbocycles. The average molecular weight is 262 g/mol. The van der Waals surface area contributed by atoms with Gasteiger partial charge < -0.3 is 4.74 Å². The smallest absolute Gasteiger partial charge is 0.450 e. The molecule has 0 saturated heterocycles. The molecule has 0 amide bonds. The second-order valence-corrected chi connectivity index (χ2v) is 3.71. The van der Waals surface area contributed by atoms with Gasteiger partial charge in [0.15, 0.2) is 17.3 Å². The second kappa shape index (κ2) is 4.08. The Balaban J connectivity index is 2.38. The third kappa shape index (κ3) is 1.96. The van der Waals surface area contributed by atoms with Crippen LogP contribution in [0.15, 0.2) is 18.2 Å². The van der Waals surface area contributed by atoms with Gasteiger partial charge in [-0.05, 0) is 12.1 Å². The first-order valence-electron chi connectivity index (χ1n) is 4.89. The first-order valence-corrected chi connectivity index (χ1v) is 4.89. The molecule has 0 saturated carbocycles. The lowest BCUT2D eigenvalue weighted by atomic mass is 9.91. The van der Waals surface area contributed by atoms with Crippen LogP contribution in [0.3, 0.4) is 0 Å². The van der Waals surface area contributed by atoms with E-state index >= 15 is 0 Å². The zero-order chi connectivity index (χ0) is 13.5. The lowest BCUT2D eigenvalue weighted by Gasteiger charge is -2.23. The molecule has 18 heavy (non-hydrogen) atoms. The fourth-order valence-electron chi connectivity index (χ4n) is 1.67. The molecule has 2 rings (SSSR count). The number of rotatable bonds is 1. The molecule has 96 valence electrons. The number of Topliss-reactive ketones (excluding diaryl/α,β-unsaturated/α-hetero) is 2. The lowest BCUT2D eigenvalue weighted by Crippen LogP contribution is -2.41. The summed E-state index contributed by atoms with van der Waals surface area (Å²) >= 11 is 0. The van der Waals surface area contributed by atoms with Crippen LogP contribution in [0.5, 0.6) is 5.75 Å². The van der Waals surface area contributed by atoms with Gasteiger partial charge in [-0.2, -0.15) is 13.2 Å². The van der Waals surface area contributed by atoms with Gasteiger partial charge >= 0.3 is 6.18 Å². The minimum atomic E-state index is -5.12. The van der Waals surface area contributed by atoms with Crippen LogP contribution < -0.4 is 4.74 Å². The summed E-state index contributed by atoms with van der Waals surface area (Å²) in [5.74, 6) is -6.47. The third-order valence-corrected chi connectivity index (χ3v) is 2.54. The van der Waals surface area contributed by atoms with Crippen molar-refractivity contribution in [2.24, 2.45) is 5.92 Å². The van der Waals surface area contributed by atoms with Gasteiger partial charge in [-0.15, -0.1) is 0 Å². The molecule has 0 radical (unpaired) electrons. The number of ether oxygens (including phenoxy) is 1. The van der Waals surface area contributed by atoms with Crippen molar-refractivity contribution in [1.29, 1.82) is 0 Å². The van der Waals surface area contributed by atoms with E-state index in [0.29, 0.717) is 0 Å². The van der Waals surface area contributed by atoms with E-state index in [1.54, 1.807) is 0 Å². The van der Waals surface area contributed by atoms with E-state index in [1.807, 2.05) is 0 Å². The topological polar surface area (TPSA) is 43.4 Å². The standard InChI is InChI=1S/C11H6F4O3/c12-7-3-1-2-5-8(16)6(4-18-9(5)7)10(17)11(13,14)15/h1-3,6H,4H2. The number of benzene rings is 1. The monoisotopic (exact) mass is 262 g/mol. The van der Waals surface area contributed by atoms with Crippen molar-refractivity contribution in [3.05, 3.63) is 29.6 Å². The molecule has 3 nitrogen and oxygen atoms in total. The highest BCUT2D eigenvalue weighted by molar-refractivity contribution is 6.14. The zero-order valence-corrected chi connectivity index (χ0v) is 8.75. The Hall–Kier alpha value is -1.92. The van der Waals surface area contributed by atoms with Gasteiger partial charge in [-0.3, -0.25) is 9.59 Å². The van der Waals surface area contributed by atoms with E-state index < -0.39 is 41.8 Å². The predicted octanol–water partition coefficient (Wildman–Crippen LogP) is 2.15. The van der Waals surface area contributed by atoms with Crippen LogP contribution in [0.1, 0.15) is 10.4 Å². The maximum absolute atomic E-state index is 13.2. The summed E-state index contributed by atoms with van der Waals surface area (Å²) in [7, 11) is 0. The highest BCUT2D eigenvalue weighted by atomic mass is 19.4. The van der Waals surface area contributed by atoms with Crippen molar-refractivity contribution in [2.45, 2.75) is 6.18 Å². The SMILES string of the molecule is O=C1c2cccc(F)c2OCC1C(=O)C(F)(F)F. The van der Waals surface area contributed by atoms with Crippen LogP contribution in [-0.2, 0) is 4.79 Å². The molecule has 0 fully saturated rings. The van der Waals surface area contributed by atoms with Gasteiger partial charge in [0.2, 0.25) is 0 Å². The van der Waals surface area contributed by atoms with Gasteiger partial charge in [0.1, 0.15) is 12.5 Å². The summed E-state index contributed by atoms with van der Waals surface area (Å²) < 4.78 is 54.7. The molecule has 1 heterocycles. The Labute approximate surface area is 98.3 Å². The summed E-state index contributed by atoms with van der Waals surface area (Å²) in [5.41, 5.74) is -0.344. The van der Waals surface area contributed by atoms with Gasteiger partial charge in [-0.25, -0.2) is 4.39 Å². The summed E-state index contributed by atoms with van der Waals surface area (Å²) in [4.78, 5) is 22.7. The number of alkyl halides is 3. The van der Waals surface area contributed by atoms with E-state index in [9.17, 15) is 27.2 Å². The number of fused-ring (bicyclic) bond motifs is 1. The molecule has 1 aliphatic rings. The number of hydrogen-bond acceptors (Lipinski definition) is 3. The minimum absolute atomic E-state index is 0.344. The Morgan fingerprint density at radius 2 is 2.00 bits per heavy atom. The number of hydrogen-bond donors (Lipinski definition) is 0. The fourth-order valence-corrected chi connectivity index (χ4v) is 1.67. The number of carbonyl (C=O) groups excluding carboxylic acids is 2. The number of ketones is 2. The Kier molecular flexibility index (Phi) is 2.84. The van der Waals surface area contributed by atoms with Crippen molar-refractivity contribution >= 4 is 11.6 Å². The quantitative estimate of drug-likeness (QED) is 0.575. The van der Waals surface area contributed by atoms with E-state index in [4.69, 9.17) is 4.74 Å². The first-order chi connectivity index (χ1) is 8.32. The highest BCUT2D eigenvalue weighted by Crippen LogP contribution is 2.33. The van der Waals surface area contributed by atoms with E-state index in [0.717, 1.165) is 18.2 Å². The average Bonchev–Trinajstić information content (AvgIpc) is 2.29. The molecule has 0 spiro atoms. The van der Waals surface area contributed by atoms with E-state index in [1.165, 1.54) is 0 Å². The van der Waals surface area contributed by atoms with Crippen molar-refractivity contribution in [3.8, 4) is 5.75 Å². The molecule has 0 aromatic heterocycles. The molecule has 1 atom stereocenters. The summed E-state index contributed by atoms with van der Waals surface area (Å²) in [5, 5.41) is 0. The predicted molar refractivity (Wildman–Crippen MR) is 50.8 cm³/mol. The van der Waals surface area contributed by atoms with E-state index in [-0.39, 0.29) is 5.56 Å². The lowest BCUT2D eigenvalue weighted by molar-refractivity contribution is -0.174. The zero-order valence-electron chi connectivity index (χ0n) is 8.75. The summed E-state index contributed by atoms with van der Waals surface area (Å²) in [6.07, 6.45) is -5.12. The summed E-state index contributed by atoms with van der Waals surface area (Å²) in [6, 6.07) is 3.30. The Morgan fingerprint density at radius 3 is 2.61 bits per heavy atom. The maximum atomic E-state index is 13.2. The minimum Gasteiger partial charge on any atom is -0.489 e. The van der Waals surface area contributed by atoms with Crippen molar-refractivity contribution in [1.82, 2.24) is 0 Å². The third-order valence-electron chi connectivity index (χ3n) is 2.54. The van der Waals surface area contributed by atoms with Crippen LogP contribution in [-0.4, -0.2) is 24.3 Å². The van der Waals surface area contributed by atoms with Gasteiger partial charge in [0, 0.05) is 0 Å². The van der Waals surface area contributed by atoms with Crippen LogP contribution in [0.25, 0.3) is 0 Å². The van der Waals surface area contributed by atoms with Crippen LogP contribution in [0.4, 0.5) is 17.6 Å². The highest BCUT2D eigenvalue weighted by Gasteiger charge is 2.48. The molecule has 1 aromatic carbocycles. The number of para-hydroxylation sites is 1. The van der Waals surface area contributed by atoms with Gasteiger partial charge in [0.05, 0.1) is 5.56 Å². The molecule has 1 aliphatic heterocycles. The van der Waals surface area contributed by atoms with E-state index in [2.05, 4.69) is 0 Å². The fraction of sp³-hybridized carbons (Fsp3) is 0.273. The Morgan fingerprint density at radius 1 is 1.33 bits per heavy atom. The van der Waals surface area contributed by atoms with Gasteiger partial charge in [-0.1, -0.05) is 6.07 Å². The van der Waals surface area contributed by atoms with Crippen LogP contribution >= 0.6 is 0 Å². The summed E-state index contributed by atoms with van der Waals surface area (Å²) in [6.45, 7) is -0.800. The molecule has 1 aromatic rings. The second-order valence-electron chi connectivity index (χ2n) is 3.71. The van der Waals surface area contributed by atoms with Gasteiger partial charge in [0.25, 0.3) is 5.78 Å². The number of carbonyl (C=O) groups is 2. The molecule has 1 unspecified atom stereocenters. The molecular weight excluding hydrogens is 256 g/mol. The molecule has 7 heteroatoms. The molecule has 0 N–H and O–H groups in total. The van der Waals surface area contributed by atoms with Crippen molar-refractivity contribution in [3.63, 3.8) is 0 Å². The Bertz CT molecular complexity index is 522. The largest absolute Gasteiger partial charge is 0.489 e. The first kappa shape index (κ1) is 12.5. The maximum Gasteiger partial charge on any atom is 0.450 e.